The second-order valence-corrected chi connectivity index (χ2v) is 5.37. The summed E-state index contributed by atoms with van der Waals surface area (Å²) in [4.78, 5) is 12.5. The third-order valence-electron chi connectivity index (χ3n) is 3.62. The molecule has 26 heavy (non-hydrogen) atoms. The number of hydrogen-bond donors (Lipinski definition) is 2. The minimum atomic E-state index is -0.350. The third-order valence-corrected chi connectivity index (χ3v) is 3.62. The molecule has 0 unspecified atom stereocenters. The number of rotatable bonds is 6. The molecule has 0 atom stereocenters. The van der Waals surface area contributed by atoms with Crippen LogP contribution in [0.2, 0.25) is 0 Å². The van der Waals surface area contributed by atoms with Crippen molar-refractivity contribution in [2.24, 2.45) is 4.99 Å². The standard InChI is InChI=1S/C19H17FN4O2/c20-17-6-2-1-4-15(17)13-26-19-16(5-3-9-22-19)18(24-25)23-12-14-7-10-21-11-8-14/h1-11,25H,12-13H2,(H,23,24). The number of benzene rings is 1. The zero-order valence-electron chi connectivity index (χ0n) is 13.8. The van der Waals surface area contributed by atoms with E-state index in [1.807, 2.05) is 12.1 Å². The Morgan fingerprint density at radius 1 is 1.08 bits per heavy atom. The molecule has 6 nitrogen and oxygen atoms in total. The molecule has 0 spiro atoms. The number of nitrogens with zero attached hydrogens (tertiary/aromatic N) is 3. The molecule has 3 aromatic rings. The van der Waals surface area contributed by atoms with E-state index in [4.69, 9.17) is 4.74 Å². The van der Waals surface area contributed by atoms with E-state index in [2.05, 4.69) is 20.4 Å². The van der Waals surface area contributed by atoms with E-state index in [9.17, 15) is 9.60 Å². The van der Waals surface area contributed by atoms with Crippen LogP contribution in [0.3, 0.4) is 0 Å². The second kappa shape index (κ2) is 8.68. The van der Waals surface area contributed by atoms with Gasteiger partial charge in [0.15, 0.2) is 5.84 Å². The van der Waals surface area contributed by atoms with Gasteiger partial charge in [0.25, 0.3) is 0 Å². The molecule has 0 aliphatic heterocycles. The van der Waals surface area contributed by atoms with E-state index in [1.165, 1.54) is 6.07 Å². The predicted octanol–water partition coefficient (Wildman–Crippen LogP) is 3.12. The third kappa shape index (κ3) is 4.40. The maximum atomic E-state index is 13.7. The number of halogens is 1. The van der Waals surface area contributed by atoms with Gasteiger partial charge in [-0.3, -0.25) is 20.7 Å². The van der Waals surface area contributed by atoms with Crippen molar-refractivity contribution >= 4 is 5.84 Å². The van der Waals surface area contributed by atoms with Gasteiger partial charge < -0.3 is 4.74 Å². The Labute approximate surface area is 150 Å². The van der Waals surface area contributed by atoms with Crippen LogP contribution in [0.15, 0.2) is 72.1 Å². The van der Waals surface area contributed by atoms with Crippen LogP contribution in [0, 0.1) is 5.82 Å². The lowest BCUT2D eigenvalue weighted by molar-refractivity contribution is 0.233. The molecule has 3 rings (SSSR count). The molecule has 1 aromatic carbocycles. The number of ether oxygens (including phenoxy) is 1. The van der Waals surface area contributed by atoms with Crippen LogP contribution in [-0.4, -0.2) is 21.0 Å². The average Bonchev–Trinajstić information content (AvgIpc) is 2.69. The summed E-state index contributed by atoms with van der Waals surface area (Å²) in [6.07, 6.45) is 4.89. The molecule has 0 aliphatic carbocycles. The van der Waals surface area contributed by atoms with Crippen LogP contribution in [0.4, 0.5) is 4.39 Å². The number of nitrogens with one attached hydrogen (secondary N) is 1. The monoisotopic (exact) mass is 352 g/mol. The van der Waals surface area contributed by atoms with Crippen molar-refractivity contribution < 1.29 is 14.3 Å². The second-order valence-electron chi connectivity index (χ2n) is 5.37. The van der Waals surface area contributed by atoms with Crippen LogP contribution >= 0.6 is 0 Å². The highest BCUT2D eigenvalue weighted by molar-refractivity contribution is 5.99. The SMILES string of the molecule is ONC(=NCc1ccncc1)c1cccnc1OCc1ccccc1F. The van der Waals surface area contributed by atoms with Crippen LogP contribution in [0.25, 0.3) is 0 Å². The highest BCUT2D eigenvalue weighted by atomic mass is 19.1. The minimum absolute atomic E-state index is 0.0136. The van der Waals surface area contributed by atoms with Crippen molar-refractivity contribution in [3.8, 4) is 5.88 Å². The molecule has 2 heterocycles. The first-order valence-electron chi connectivity index (χ1n) is 7.93. The molecule has 0 fully saturated rings. The fourth-order valence-electron chi connectivity index (χ4n) is 2.29. The van der Waals surface area contributed by atoms with Gasteiger partial charge in [0.1, 0.15) is 12.4 Å². The first kappa shape index (κ1) is 17.5. The molecule has 0 saturated heterocycles. The lowest BCUT2D eigenvalue weighted by atomic mass is 10.2. The van der Waals surface area contributed by atoms with E-state index >= 15 is 0 Å². The molecule has 132 valence electrons. The summed E-state index contributed by atoms with van der Waals surface area (Å²) in [5.41, 5.74) is 3.90. The number of aliphatic imine (C=N–C) groups is 1. The Morgan fingerprint density at radius 3 is 2.65 bits per heavy atom. The van der Waals surface area contributed by atoms with Crippen molar-refractivity contribution in [2.45, 2.75) is 13.2 Å². The summed E-state index contributed by atoms with van der Waals surface area (Å²) in [5, 5.41) is 9.47. The van der Waals surface area contributed by atoms with Crippen molar-refractivity contribution in [1.29, 1.82) is 0 Å². The number of pyridine rings is 2. The summed E-state index contributed by atoms with van der Waals surface area (Å²) in [6, 6.07) is 13.4. The van der Waals surface area contributed by atoms with Gasteiger partial charge in [0.2, 0.25) is 5.88 Å². The predicted molar refractivity (Wildman–Crippen MR) is 94.4 cm³/mol. The van der Waals surface area contributed by atoms with Crippen molar-refractivity contribution in [2.75, 3.05) is 0 Å². The molecular formula is C19H17FN4O2. The molecule has 0 aliphatic rings. The highest BCUT2D eigenvalue weighted by Gasteiger charge is 2.12. The van der Waals surface area contributed by atoms with Gasteiger partial charge in [-0.05, 0) is 35.9 Å². The van der Waals surface area contributed by atoms with Crippen LogP contribution in [0.1, 0.15) is 16.7 Å². The van der Waals surface area contributed by atoms with Gasteiger partial charge in [-0.2, -0.15) is 0 Å². The fraction of sp³-hybridized carbons (Fsp3) is 0.105. The zero-order chi connectivity index (χ0) is 18.2. The van der Waals surface area contributed by atoms with Crippen molar-refractivity contribution in [3.63, 3.8) is 0 Å². The Hall–Kier alpha value is -3.32. The summed E-state index contributed by atoms with van der Waals surface area (Å²) in [5.74, 6) is 0.0982. The van der Waals surface area contributed by atoms with Crippen LogP contribution in [-0.2, 0) is 13.2 Å². The van der Waals surface area contributed by atoms with Crippen LogP contribution < -0.4 is 10.2 Å². The van der Waals surface area contributed by atoms with Crippen molar-refractivity contribution in [3.05, 3.63) is 89.6 Å². The Balaban J connectivity index is 1.79. The number of aromatic nitrogens is 2. The summed E-state index contributed by atoms with van der Waals surface area (Å²) in [7, 11) is 0. The maximum absolute atomic E-state index is 13.7. The van der Waals surface area contributed by atoms with E-state index in [0.29, 0.717) is 17.7 Å². The molecule has 2 aromatic heterocycles. The molecular weight excluding hydrogens is 335 g/mol. The average molecular weight is 352 g/mol. The quantitative estimate of drug-likeness (QED) is 0.405. The van der Waals surface area contributed by atoms with E-state index in [1.54, 1.807) is 48.9 Å². The molecule has 0 radical (unpaired) electrons. The summed E-state index contributed by atoms with van der Waals surface area (Å²) < 4.78 is 19.4. The lowest BCUT2D eigenvalue weighted by Crippen LogP contribution is -2.22. The Morgan fingerprint density at radius 2 is 1.88 bits per heavy atom. The molecule has 0 saturated carbocycles. The van der Waals surface area contributed by atoms with Gasteiger partial charge in [0.05, 0.1) is 12.1 Å². The number of hydroxylamine groups is 1. The summed E-state index contributed by atoms with van der Waals surface area (Å²) >= 11 is 0. The minimum Gasteiger partial charge on any atom is -0.472 e. The van der Waals surface area contributed by atoms with Gasteiger partial charge >= 0.3 is 0 Å². The highest BCUT2D eigenvalue weighted by Crippen LogP contribution is 2.18. The first-order valence-corrected chi connectivity index (χ1v) is 7.93. The lowest BCUT2D eigenvalue weighted by Gasteiger charge is -2.12. The molecule has 0 amide bonds. The smallest absolute Gasteiger partial charge is 0.224 e. The molecule has 7 heteroatoms. The first-order chi connectivity index (χ1) is 12.8. The van der Waals surface area contributed by atoms with Crippen molar-refractivity contribution in [1.82, 2.24) is 15.4 Å². The number of hydrogen-bond acceptors (Lipinski definition) is 5. The van der Waals surface area contributed by atoms with Gasteiger partial charge in [-0.1, -0.05) is 18.2 Å². The molecule has 0 bridgehead atoms. The Bertz CT molecular complexity index is 887. The Kier molecular flexibility index (Phi) is 5.84. The van der Waals surface area contributed by atoms with Crippen LogP contribution in [0.5, 0.6) is 5.88 Å². The van der Waals surface area contributed by atoms with E-state index in [0.717, 1.165) is 5.56 Å². The van der Waals surface area contributed by atoms with Gasteiger partial charge in [-0.25, -0.2) is 9.37 Å². The summed E-state index contributed by atoms with van der Waals surface area (Å²) in [6.45, 7) is 0.354. The van der Waals surface area contributed by atoms with E-state index < -0.39 is 0 Å². The normalized spacial score (nSPS) is 11.2. The van der Waals surface area contributed by atoms with E-state index in [-0.39, 0.29) is 24.1 Å². The molecule has 2 N–H and O–H groups in total. The maximum Gasteiger partial charge on any atom is 0.224 e. The van der Waals surface area contributed by atoms with Gasteiger partial charge in [-0.15, -0.1) is 0 Å². The topological polar surface area (TPSA) is 79.6 Å². The largest absolute Gasteiger partial charge is 0.472 e. The van der Waals surface area contributed by atoms with Gasteiger partial charge in [0, 0.05) is 24.2 Å². The number of amidine groups is 1. The fourth-order valence-corrected chi connectivity index (χ4v) is 2.29. The zero-order valence-corrected chi connectivity index (χ0v) is 13.8.